The highest BCUT2D eigenvalue weighted by atomic mass is 16.6. The molecular formula is C15H18N6O4. The van der Waals surface area contributed by atoms with Crippen molar-refractivity contribution in [2.75, 3.05) is 12.3 Å². The fraction of sp³-hybridized carbons (Fsp3) is 0.333. The fourth-order valence-corrected chi connectivity index (χ4v) is 2.48. The largest absolute Gasteiger partial charge is 0.394 e. The van der Waals surface area contributed by atoms with Gasteiger partial charge >= 0.3 is 0 Å². The van der Waals surface area contributed by atoms with Crippen molar-refractivity contribution in [3.63, 3.8) is 0 Å². The Bertz CT molecular complexity index is 787. The molecule has 1 aliphatic rings. The van der Waals surface area contributed by atoms with E-state index in [0.717, 1.165) is 0 Å². The number of aromatic nitrogens is 5. The third kappa shape index (κ3) is 3.42. The summed E-state index contributed by atoms with van der Waals surface area (Å²) in [6.45, 7) is -0.390. The van der Waals surface area contributed by atoms with Crippen molar-refractivity contribution < 1.29 is 20.1 Å². The molecule has 0 aliphatic carbocycles. The highest BCUT2D eigenvalue weighted by Gasteiger charge is 2.43. The number of nitrogen functional groups attached to an aromatic ring is 1. The molecule has 0 radical (unpaired) electrons. The van der Waals surface area contributed by atoms with Gasteiger partial charge < -0.3 is 25.8 Å². The monoisotopic (exact) mass is 346 g/mol. The first-order chi connectivity index (χ1) is 12.1. The molecule has 0 bridgehead atoms. The number of rotatable bonds is 2. The van der Waals surface area contributed by atoms with Gasteiger partial charge in [-0.05, 0) is 12.1 Å². The van der Waals surface area contributed by atoms with Gasteiger partial charge in [0.05, 0.1) is 12.9 Å². The molecule has 0 unspecified atom stereocenters. The molecule has 3 aromatic heterocycles. The lowest BCUT2D eigenvalue weighted by Crippen LogP contribution is -2.33. The standard InChI is InChI=1S/C10H13N5O4.C5H5N/c11-8-5-9(13-2-12-8)15(3-14-5)10-7(18)6(17)4(1-16)19-10;1-2-4-6-5-3-1/h2-4,6-7,10,16-18H,1H2,(H2,11,12,13);1-5H/t4-,6-,7-,10-;/m1./s1. The Kier molecular flexibility index (Phi) is 5.14. The summed E-state index contributed by atoms with van der Waals surface area (Å²) in [5, 5.41) is 28.7. The maximum Gasteiger partial charge on any atom is 0.167 e. The lowest BCUT2D eigenvalue weighted by atomic mass is 10.1. The maximum atomic E-state index is 9.95. The van der Waals surface area contributed by atoms with Gasteiger partial charge in [-0.1, -0.05) is 6.07 Å². The van der Waals surface area contributed by atoms with Gasteiger partial charge in [-0.3, -0.25) is 9.55 Å². The van der Waals surface area contributed by atoms with E-state index in [1.807, 2.05) is 18.2 Å². The number of nitrogens with two attached hydrogens (primary N) is 1. The molecule has 5 N–H and O–H groups in total. The second-order valence-corrected chi connectivity index (χ2v) is 5.34. The van der Waals surface area contributed by atoms with Crippen LogP contribution in [0.4, 0.5) is 5.82 Å². The molecule has 0 aromatic carbocycles. The Morgan fingerprint density at radius 1 is 1.08 bits per heavy atom. The molecule has 132 valence electrons. The number of aliphatic hydroxyl groups is 3. The van der Waals surface area contributed by atoms with Crippen LogP contribution in [0.5, 0.6) is 0 Å². The minimum absolute atomic E-state index is 0.218. The Labute approximate surface area is 142 Å². The molecule has 0 amide bonds. The van der Waals surface area contributed by atoms with Gasteiger partial charge in [0.2, 0.25) is 0 Å². The van der Waals surface area contributed by atoms with Gasteiger partial charge in [0.25, 0.3) is 0 Å². The minimum atomic E-state index is -1.19. The first-order valence-electron chi connectivity index (χ1n) is 7.54. The summed E-state index contributed by atoms with van der Waals surface area (Å²) in [4.78, 5) is 15.7. The van der Waals surface area contributed by atoms with E-state index in [-0.39, 0.29) is 5.82 Å². The predicted octanol–water partition coefficient (Wildman–Crippen LogP) is -0.898. The topological polar surface area (TPSA) is 152 Å². The Hall–Kier alpha value is -2.66. The van der Waals surface area contributed by atoms with Crippen LogP contribution in [0.2, 0.25) is 0 Å². The molecule has 0 spiro atoms. The van der Waals surface area contributed by atoms with Gasteiger partial charge in [0.1, 0.15) is 30.2 Å². The van der Waals surface area contributed by atoms with Crippen molar-refractivity contribution in [2.24, 2.45) is 0 Å². The van der Waals surface area contributed by atoms with Crippen LogP contribution in [-0.4, -0.2) is 64.7 Å². The van der Waals surface area contributed by atoms with Crippen LogP contribution >= 0.6 is 0 Å². The number of imidazole rings is 1. The fourth-order valence-electron chi connectivity index (χ4n) is 2.48. The lowest BCUT2D eigenvalue weighted by molar-refractivity contribution is -0.0511. The van der Waals surface area contributed by atoms with Crippen LogP contribution in [-0.2, 0) is 4.74 Å². The smallest absolute Gasteiger partial charge is 0.167 e. The van der Waals surface area contributed by atoms with E-state index < -0.39 is 31.1 Å². The van der Waals surface area contributed by atoms with Crippen molar-refractivity contribution in [3.05, 3.63) is 43.2 Å². The summed E-state index contributed by atoms with van der Waals surface area (Å²) < 4.78 is 6.85. The average Bonchev–Trinajstić information content (AvgIpc) is 3.20. The first kappa shape index (κ1) is 17.2. The number of anilines is 1. The Balaban J connectivity index is 0.000000258. The van der Waals surface area contributed by atoms with Crippen molar-refractivity contribution in [1.29, 1.82) is 0 Å². The van der Waals surface area contributed by atoms with E-state index in [1.165, 1.54) is 17.2 Å². The number of aliphatic hydroxyl groups excluding tert-OH is 3. The second kappa shape index (κ2) is 7.49. The number of fused-ring (bicyclic) bond motifs is 1. The Morgan fingerprint density at radius 2 is 1.84 bits per heavy atom. The third-order valence-electron chi connectivity index (χ3n) is 3.74. The number of hydrogen-bond donors (Lipinski definition) is 4. The predicted molar refractivity (Wildman–Crippen MR) is 87.0 cm³/mol. The van der Waals surface area contributed by atoms with E-state index in [9.17, 15) is 10.2 Å². The normalized spacial score (nSPS) is 25.6. The molecule has 1 fully saturated rings. The van der Waals surface area contributed by atoms with Crippen LogP contribution < -0.4 is 5.73 Å². The summed E-state index contributed by atoms with van der Waals surface area (Å²) >= 11 is 0. The van der Waals surface area contributed by atoms with Crippen LogP contribution in [0.3, 0.4) is 0 Å². The molecule has 25 heavy (non-hydrogen) atoms. The molecule has 1 aliphatic heterocycles. The van der Waals surface area contributed by atoms with Gasteiger partial charge in [-0.15, -0.1) is 0 Å². The van der Waals surface area contributed by atoms with Crippen LogP contribution in [0.1, 0.15) is 6.23 Å². The Morgan fingerprint density at radius 3 is 2.40 bits per heavy atom. The number of pyridine rings is 1. The zero-order valence-corrected chi connectivity index (χ0v) is 13.1. The van der Waals surface area contributed by atoms with Gasteiger partial charge in [-0.25, -0.2) is 15.0 Å². The zero-order valence-electron chi connectivity index (χ0n) is 13.1. The van der Waals surface area contributed by atoms with E-state index in [4.69, 9.17) is 15.6 Å². The van der Waals surface area contributed by atoms with E-state index in [2.05, 4.69) is 19.9 Å². The zero-order chi connectivity index (χ0) is 17.8. The van der Waals surface area contributed by atoms with Crippen molar-refractivity contribution in [1.82, 2.24) is 24.5 Å². The van der Waals surface area contributed by atoms with Gasteiger partial charge in [-0.2, -0.15) is 0 Å². The summed E-state index contributed by atoms with van der Waals surface area (Å²) in [6.07, 6.45) is 2.08. The average molecular weight is 346 g/mol. The van der Waals surface area contributed by atoms with E-state index in [0.29, 0.717) is 11.2 Å². The summed E-state index contributed by atoms with van der Waals surface area (Å²) in [5.74, 6) is 0.218. The van der Waals surface area contributed by atoms with E-state index >= 15 is 0 Å². The molecule has 0 saturated carbocycles. The van der Waals surface area contributed by atoms with Gasteiger partial charge in [0, 0.05) is 12.4 Å². The van der Waals surface area contributed by atoms with Crippen molar-refractivity contribution >= 4 is 17.0 Å². The first-order valence-corrected chi connectivity index (χ1v) is 7.54. The van der Waals surface area contributed by atoms with Crippen LogP contribution in [0.25, 0.3) is 11.2 Å². The van der Waals surface area contributed by atoms with Crippen molar-refractivity contribution in [3.8, 4) is 0 Å². The SMILES string of the molecule is Nc1ncnc2c1ncn2[C@@H]1O[C@H](CO)[C@@H](O)[C@H]1O.c1ccncc1. The number of ether oxygens (including phenoxy) is 1. The maximum absolute atomic E-state index is 9.95. The molecular weight excluding hydrogens is 328 g/mol. The second-order valence-electron chi connectivity index (χ2n) is 5.34. The number of nitrogens with zero attached hydrogens (tertiary/aromatic N) is 5. The quantitative estimate of drug-likeness (QED) is 0.462. The summed E-state index contributed by atoms with van der Waals surface area (Å²) in [7, 11) is 0. The lowest BCUT2D eigenvalue weighted by Gasteiger charge is -2.16. The minimum Gasteiger partial charge on any atom is -0.394 e. The molecule has 4 heterocycles. The highest BCUT2D eigenvalue weighted by molar-refractivity contribution is 5.81. The highest BCUT2D eigenvalue weighted by Crippen LogP contribution is 2.31. The molecule has 4 rings (SSSR count). The summed E-state index contributed by atoms with van der Waals surface area (Å²) in [6, 6.07) is 5.72. The molecule has 10 nitrogen and oxygen atoms in total. The third-order valence-corrected chi connectivity index (χ3v) is 3.74. The molecule has 10 heteroatoms. The summed E-state index contributed by atoms with van der Waals surface area (Å²) in [5.41, 5.74) is 6.44. The van der Waals surface area contributed by atoms with Crippen LogP contribution in [0, 0.1) is 0 Å². The van der Waals surface area contributed by atoms with Gasteiger partial charge in [0.15, 0.2) is 17.7 Å². The van der Waals surface area contributed by atoms with E-state index in [1.54, 1.807) is 12.4 Å². The number of hydrogen-bond acceptors (Lipinski definition) is 9. The molecule has 4 atom stereocenters. The van der Waals surface area contributed by atoms with Crippen molar-refractivity contribution in [2.45, 2.75) is 24.5 Å². The van der Waals surface area contributed by atoms with Crippen LogP contribution in [0.15, 0.2) is 43.2 Å². The molecule has 1 saturated heterocycles. The molecule has 3 aromatic rings.